The second-order valence-corrected chi connectivity index (χ2v) is 7.71. The number of nitrogens with zero attached hydrogens (tertiary/aromatic N) is 2. The zero-order valence-corrected chi connectivity index (χ0v) is 18.8. The summed E-state index contributed by atoms with van der Waals surface area (Å²) in [4.78, 5) is 20.0. The van der Waals surface area contributed by atoms with Gasteiger partial charge in [-0.15, -0.1) is 0 Å². The minimum Gasteiger partial charge on any atom is -0.493 e. The summed E-state index contributed by atoms with van der Waals surface area (Å²) in [5, 5.41) is 0.879. The van der Waals surface area contributed by atoms with Gasteiger partial charge in [-0.25, -0.2) is 9.97 Å². The van der Waals surface area contributed by atoms with E-state index in [0.29, 0.717) is 44.3 Å². The Labute approximate surface area is 193 Å². The number of carbonyl (C=O) groups is 1. The Hall–Kier alpha value is -3.61. The number of hydrogen-bond acceptors (Lipinski definition) is 7. The van der Waals surface area contributed by atoms with E-state index < -0.39 is 0 Å². The van der Waals surface area contributed by atoms with Crippen LogP contribution in [0.15, 0.2) is 54.9 Å². The van der Waals surface area contributed by atoms with E-state index in [1.165, 1.54) is 6.92 Å². The molecule has 0 saturated carbocycles. The standard InChI is InChI=1S/C26H28N2O5/c1-19(29)30-13-8-14-33-25-17-23-22-16-24(25)32-12-6-4-2-3-5-11-31-21-10-7-9-20(15-21)26(22)28-18-27-23/h2-3,7,9-10,15-18H,4-6,8,11-14H2,1H3/b3-2+. The van der Waals surface area contributed by atoms with Gasteiger partial charge in [-0.3, -0.25) is 4.79 Å². The molecule has 1 aliphatic heterocycles. The highest BCUT2D eigenvalue weighted by Gasteiger charge is 2.14. The Balaban J connectivity index is 1.67. The maximum Gasteiger partial charge on any atom is 0.302 e. The highest BCUT2D eigenvalue weighted by Crippen LogP contribution is 2.36. The minimum atomic E-state index is -0.294. The third-order valence-electron chi connectivity index (χ3n) is 5.15. The molecular formula is C26H28N2O5. The van der Waals surface area contributed by atoms with Crippen LogP contribution in [0, 0.1) is 0 Å². The van der Waals surface area contributed by atoms with Crippen molar-refractivity contribution in [2.45, 2.75) is 32.6 Å². The van der Waals surface area contributed by atoms with Crippen LogP contribution >= 0.6 is 0 Å². The number of hydrogen-bond donors (Lipinski definition) is 0. The molecule has 0 radical (unpaired) electrons. The lowest BCUT2D eigenvalue weighted by Gasteiger charge is -2.15. The van der Waals surface area contributed by atoms with Crippen molar-refractivity contribution in [2.75, 3.05) is 26.4 Å². The van der Waals surface area contributed by atoms with Crippen molar-refractivity contribution in [1.29, 1.82) is 0 Å². The van der Waals surface area contributed by atoms with Crippen LogP contribution in [0.1, 0.15) is 32.6 Å². The van der Waals surface area contributed by atoms with Gasteiger partial charge < -0.3 is 18.9 Å². The van der Waals surface area contributed by atoms with Gasteiger partial charge >= 0.3 is 5.97 Å². The Morgan fingerprint density at radius 1 is 1.03 bits per heavy atom. The number of carbonyl (C=O) groups excluding carboxylic acids is 1. The maximum absolute atomic E-state index is 11.0. The average Bonchev–Trinajstić information content (AvgIpc) is 2.81. The normalized spacial score (nSPS) is 14.8. The van der Waals surface area contributed by atoms with Gasteiger partial charge in [0.15, 0.2) is 11.5 Å². The number of esters is 1. The van der Waals surface area contributed by atoms with E-state index in [1.54, 1.807) is 6.33 Å². The van der Waals surface area contributed by atoms with Crippen molar-refractivity contribution in [2.24, 2.45) is 0 Å². The molecule has 0 N–H and O–H groups in total. The zero-order valence-electron chi connectivity index (χ0n) is 18.8. The van der Waals surface area contributed by atoms with Gasteiger partial charge in [-0.05, 0) is 37.5 Å². The molecule has 33 heavy (non-hydrogen) atoms. The molecule has 0 unspecified atom stereocenters. The molecule has 1 aromatic heterocycles. The van der Waals surface area contributed by atoms with Crippen molar-refractivity contribution in [1.82, 2.24) is 9.97 Å². The fraction of sp³-hybridized carbons (Fsp3) is 0.346. The Bertz CT molecular complexity index is 1130. The summed E-state index contributed by atoms with van der Waals surface area (Å²) in [7, 11) is 0. The van der Waals surface area contributed by atoms with Gasteiger partial charge in [0.1, 0.15) is 12.1 Å². The van der Waals surface area contributed by atoms with E-state index in [0.717, 1.165) is 47.2 Å². The SMILES string of the molecule is CC(=O)OCCCOc1cc2ncnc3c2cc1OCCC/C=C/CCOc1cccc-3c1. The van der Waals surface area contributed by atoms with Crippen LogP contribution in [0.4, 0.5) is 0 Å². The molecule has 0 spiro atoms. The first-order valence-electron chi connectivity index (χ1n) is 11.3. The van der Waals surface area contributed by atoms with Crippen molar-refractivity contribution in [3.05, 3.63) is 54.9 Å². The van der Waals surface area contributed by atoms with Crippen LogP contribution < -0.4 is 14.2 Å². The predicted molar refractivity (Wildman–Crippen MR) is 126 cm³/mol. The van der Waals surface area contributed by atoms with Gasteiger partial charge in [-0.2, -0.15) is 0 Å². The molecule has 2 aromatic carbocycles. The predicted octanol–water partition coefficient (Wildman–Crippen LogP) is 5.13. The molecule has 3 aromatic rings. The van der Waals surface area contributed by atoms with E-state index in [2.05, 4.69) is 22.1 Å². The van der Waals surface area contributed by atoms with Gasteiger partial charge in [0.2, 0.25) is 0 Å². The van der Waals surface area contributed by atoms with E-state index in [4.69, 9.17) is 18.9 Å². The Morgan fingerprint density at radius 2 is 1.94 bits per heavy atom. The first-order chi connectivity index (χ1) is 16.2. The smallest absolute Gasteiger partial charge is 0.302 e. The van der Waals surface area contributed by atoms with Crippen molar-refractivity contribution in [3.63, 3.8) is 0 Å². The lowest BCUT2D eigenvalue weighted by Crippen LogP contribution is -2.07. The number of allylic oxidation sites excluding steroid dienone is 1. The number of benzene rings is 2. The summed E-state index contributed by atoms with van der Waals surface area (Å²) in [5.41, 5.74) is 2.52. The van der Waals surface area contributed by atoms with Crippen molar-refractivity contribution in [3.8, 4) is 28.5 Å². The lowest BCUT2D eigenvalue weighted by atomic mass is 10.1. The summed E-state index contributed by atoms with van der Waals surface area (Å²) in [5.74, 6) is 1.78. The second kappa shape index (κ2) is 11.3. The fourth-order valence-electron chi connectivity index (χ4n) is 3.57. The number of fused-ring (bicyclic) bond motifs is 4. The quantitative estimate of drug-likeness (QED) is 0.304. The van der Waals surface area contributed by atoms with Crippen LogP contribution in [-0.2, 0) is 9.53 Å². The lowest BCUT2D eigenvalue weighted by molar-refractivity contribution is -0.141. The number of ether oxygens (including phenoxy) is 4. The zero-order chi connectivity index (χ0) is 22.9. The molecule has 0 fully saturated rings. The molecule has 2 heterocycles. The van der Waals surface area contributed by atoms with E-state index in [9.17, 15) is 4.79 Å². The third-order valence-corrected chi connectivity index (χ3v) is 5.15. The summed E-state index contributed by atoms with van der Waals surface area (Å²) < 4.78 is 23.0. The fourth-order valence-corrected chi connectivity index (χ4v) is 3.57. The summed E-state index contributed by atoms with van der Waals surface area (Å²) >= 11 is 0. The highest BCUT2D eigenvalue weighted by molar-refractivity contribution is 5.94. The summed E-state index contributed by atoms with van der Waals surface area (Å²) in [6.45, 7) is 3.30. The molecule has 7 nitrogen and oxygen atoms in total. The maximum atomic E-state index is 11.0. The Morgan fingerprint density at radius 3 is 2.85 bits per heavy atom. The number of aromatic nitrogens is 2. The monoisotopic (exact) mass is 448 g/mol. The topological polar surface area (TPSA) is 79.8 Å². The molecular weight excluding hydrogens is 420 g/mol. The molecule has 4 bridgehead atoms. The van der Waals surface area contributed by atoms with Gasteiger partial charge in [0.25, 0.3) is 0 Å². The van der Waals surface area contributed by atoms with E-state index >= 15 is 0 Å². The largest absolute Gasteiger partial charge is 0.493 e. The average molecular weight is 449 g/mol. The van der Waals surface area contributed by atoms with Crippen LogP contribution in [0.25, 0.3) is 22.2 Å². The van der Waals surface area contributed by atoms with Gasteiger partial charge in [0, 0.05) is 30.4 Å². The molecule has 0 amide bonds. The summed E-state index contributed by atoms with van der Waals surface area (Å²) in [6, 6.07) is 11.8. The van der Waals surface area contributed by atoms with Crippen LogP contribution in [-0.4, -0.2) is 42.4 Å². The second-order valence-electron chi connectivity index (χ2n) is 7.71. The third kappa shape index (κ3) is 6.22. The first-order valence-corrected chi connectivity index (χ1v) is 11.3. The molecule has 0 saturated heterocycles. The minimum absolute atomic E-state index is 0.294. The van der Waals surface area contributed by atoms with E-state index in [-0.39, 0.29) is 5.97 Å². The van der Waals surface area contributed by atoms with Crippen LogP contribution in [0.2, 0.25) is 0 Å². The molecule has 0 aliphatic carbocycles. The van der Waals surface area contributed by atoms with Crippen LogP contribution in [0.3, 0.4) is 0 Å². The molecule has 4 rings (SSSR count). The van der Waals surface area contributed by atoms with Crippen molar-refractivity contribution >= 4 is 16.9 Å². The van der Waals surface area contributed by atoms with Crippen LogP contribution in [0.5, 0.6) is 17.2 Å². The molecule has 1 aliphatic rings. The van der Waals surface area contributed by atoms with Crippen molar-refractivity contribution < 1.29 is 23.7 Å². The highest BCUT2D eigenvalue weighted by atomic mass is 16.5. The van der Waals surface area contributed by atoms with E-state index in [1.807, 2.05) is 36.4 Å². The molecule has 7 heteroatoms. The first kappa shape index (κ1) is 22.6. The molecule has 172 valence electrons. The van der Waals surface area contributed by atoms with Gasteiger partial charge in [-0.1, -0.05) is 24.3 Å². The Kier molecular flexibility index (Phi) is 7.74. The number of rotatable bonds is 5. The van der Waals surface area contributed by atoms with Gasteiger partial charge in [0.05, 0.1) is 37.6 Å². The molecule has 0 atom stereocenters. The summed E-state index contributed by atoms with van der Waals surface area (Å²) in [6.07, 6.45) is 9.11.